The lowest BCUT2D eigenvalue weighted by Crippen LogP contribution is -2.35. The third-order valence-corrected chi connectivity index (χ3v) is 4.80. The van der Waals surface area contributed by atoms with E-state index in [0.717, 1.165) is 44.1 Å². The summed E-state index contributed by atoms with van der Waals surface area (Å²) < 4.78 is 0. The smallest absolute Gasteiger partial charge is 0.326 e. The number of unbranched alkanes of at least 4 members (excludes halogenated alkanes) is 12. The average Bonchev–Trinajstić information content (AvgIpc) is 2.61. The summed E-state index contributed by atoms with van der Waals surface area (Å²) in [6, 6.07) is -0.488. The van der Waals surface area contributed by atoms with Crippen molar-refractivity contribution in [1.29, 1.82) is 0 Å². The zero-order chi connectivity index (χ0) is 19.5. The van der Waals surface area contributed by atoms with Gasteiger partial charge in [0.1, 0.15) is 12.3 Å². The molecule has 4 nitrogen and oxygen atoms in total. The van der Waals surface area contributed by atoms with Gasteiger partial charge in [-0.15, -0.1) is 0 Å². The van der Waals surface area contributed by atoms with Crippen molar-refractivity contribution in [3.05, 3.63) is 12.3 Å². The molecule has 0 saturated carbocycles. The second-order valence-electron chi connectivity index (χ2n) is 7.38. The summed E-state index contributed by atoms with van der Waals surface area (Å²) in [4.78, 5) is 21.3. The molecule has 0 aliphatic carbocycles. The highest BCUT2D eigenvalue weighted by Gasteiger charge is 2.15. The van der Waals surface area contributed by atoms with Crippen LogP contribution in [0.25, 0.3) is 0 Å². The van der Waals surface area contributed by atoms with Gasteiger partial charge in [-0.3, -0.25) is 0 Å². The predicted octanol–water partition coefficient (Wildman–Crippen LogP) is 6.00. The van der Waals surface area contributed by atoms with Gasteiger partial charge in [-0.05, 0) is 25.7 Å². The first-order valence-electron chi connectivity index (χ1n) is 10.7. The molecule has 2 N–H and O–H groups in total. The van der Waals surface area contributed by atoms with Crippen LogP contribution in [0, 0.1) is 0 Å². The van der Waals surface area contributed by atoms with Crippen molar-refractivity contribution in [2.45, 2.75) is 116 Å². The molecule has 0 saturated heterocycles. The number of carbonyl (C=O) groups excluding carboxylic acids is 1. The first-order valence-corrected chi connectivity index (χ1v) is 10.7. The Morgan fingerprint density at radius 3 is 1.81 bits per heavy atom. The maximum absolute atomic E-state index is 11.1. The quantitative estimate of drug-likeness (QED) is 0.204. The molecule has 0 bridgehead atoms. The van der Waals surface area contributed by atoms with E-state index in [1.807, 2.05) is 6.92 Å². The number of aliphatic carboxylic acids is 1. The number of carboxylic acids is 1. The zero-order valence-corrected chi connectivity index (χ0v) is 16.9. The number of carboxylic acid groups (broad SMARTS) is 1. The SMILES string of the molecule is C=C(CCCCCCCCCCCCCCC=O)NC(CCC)C(=O)O. The molecule has 0 aromatic rings. The molecule has 0 aromatic heterocycles. The number of carbonyl (C=O) groups is 2. The number of hydrogen-bond acceptors (Lipinski definition) is 3. The second-order valence-corrected chi connectivity index (χ2v) is 7.38. The minimum absolute atomic E-state index is 0.488. The average molecular weight is 368 g/mol. The maximum Gasteiger partial charge on any atom is 0.326 e. The fourth-order valence-electron chi connectivity index (χ4n) is 3.20. The number of rotatable bonds is 20. The Kier molecular flexibility index (Phi) is 17.5. The molecule has 4 heteroatoms. The first-order chi connectivity index (χ1) is 12.6. The normalized spacial score (nSPS) is 11.9. The van der Waals surface area contributed by atoms with Crippen LogP contribution in [0.5, 0.6) is 0 Å². The van der Waals surface area contributed by atoms with Crippen molar-refractivity contribution in [2.24, 2.45) is 0 Å². The molecule has 1 unspecified atom stereocenters. The van der Waals surface area contributed by atoms with E-state index in [0.29, 0.717) is 6.42 Å². The lowest BCUT2D eigenvalue weighted by Gasteiger charge is -2.16. The molecule has 0 amide bonds. The van der Waals surface area contributed by atoms with Gasteiger partial charge in [0.2, 0.25) is 0 Å². The van der Waals surface area contributed by atoms with Crippen LogP contribution in [-0.4, -0.2) is 23.4 Å². The van der Waals surface area contributed by atoms with Crippen LogP contribution >= 0.6 is 0 Å². The Labute approximate surface area is 160 Å². The van der Waals surface area contributed by atoms with Crippen LogP contribution in [0.1, 0.15) is 110 Å². The van der Waals surface area contributed by atoms with Gasteiger partial charge in [0, 0.05) is 12.1 Å². The van der Waals surface area contributed by atoms with E-state index >= 15 is 0 Å². The molecule has 0 heterocycles. The monoisotopic (exact) mass is 367 g/mol. The van der Waals surface area contributed by atoms with E-state index in [-0.39, 0.29) is 0 Å². The fraction of sp³-hybridized carbons (Fsp3) is 0.818. The van der Waals surface area contributed by atoms with E-state index in [2.05, 4.69) is 11.9 Å². The first kappa shape index (κ1) is 24.7. The minimum Gasteiger partial charge on any atom is -0.480 e. The van der Waals surface area contributed by atoms with Gasteiger partial charge < -0.3 is 15.2 Å². The van der Waals surface area contributed by atoms with Gasteiger partial charge in [-0.1, -0.05) is 84.1 Å². The predicted molar refractivity (Wildman–Crippen MR) is 109 cm³/mol. The Bertz CT molecular complexity index is 368. The van der Waals surface area contributed by atoms with Gasteiger partial charge in [0.25, 0.3) is 0 Å². The number of allylic oxidation sites excluding steroid dienone is 1. The summed E-state index contributed by atoms with van der Waals surface area (Å²) in [5.74, 6) is -0.783. The summed E-state index contributed by atoms with van der Waals surface area (Å²) in [5.41, 5.74) is 0.860. The summed E-state index contributed by atoms with van der Waals surface area (Å²) in [6.07, 6.45) is 19.1. The van der Waals surface area contributed by atoms with E-state index in [1.54, 1.807) is 0 Å². The van der Waals surface area contributed by atoms with Crippen molar-refractivity contribution in [3.8, 4) is 0 Å². The Morgan fingerprint density at radius 1 is 0.923 bits per heavy atom. The van der Waals surface area contributed by atoms with Crippen molar-refractivity contribution in [2.75, 3.05) is 0 Å². The van der Waals surface area contributed by atoms with Gasteiger partial charge in [-0.25, -0.2) is 4.79 Å². The minimum atomic E-state index is -0.783. The van der Waals surface area contributed by atoms with E-state index < -0.39 is 12.0 Å². The van der Waals surface area contributed by atoms with Crippen molar-refractivity contribution in [1.82, 2.24) is 5.32 Å². The molecule has 0 aliphatic heterocycles. The van der Waals surface area contributed by atoms with Crippen LogP contribution in [0.15, 0.2) is 12.3 Å². The van der Waals surface area contributed by atoms with E-state index in [4.69, 9.17) is 5.11 Å². The van der Waals surface area contributed by atoms with Crippen molar-refractivity contribution >= 4 is 12.3 Å². The summed E-state index contributed by atoms with van der Waals surface area (Å²) in [5, 5.41) is 12.2. The highest BCUT2D eigenvalue weighted by atomic mass is 16.4. The Balaban J connectivity index is 3.36. The number of nitrogens with one attached hydrogen (secondary N) is 1. The van der Waals surface area contributed by atoms with Crippen molar-refractivity contribution in [3.63, 3.8) is 0 Å². The summed E-state index contributed by atoms with van der Waals surface area (Å²) in [7, 11) is 0. The molecule has 0 radical (unpaired) electrons. The Morgan fingerprint density at radius 2 is 1.38 bits per heavy atom. The lowest BCUT2D eigenvalue weighted by molar-refractivity contribution is -0.139. The van der Waals surface area contributed by atoms with Crippen LogP contribution in [0.4, 0.5) is 0 Å². The summed E-state index contributed by atoms with van der Waals surface area (Å²) >= 11 is 0. The highest BCUT2D eigenvalue weighted by Crippen LogP contribution is 2.14. The largest absolute Gasteiger partial charge is 0.480 e. The highest BCUT2D eigenvalue weighted by molar-refractivity contribution is 5.73. The topological polar surface area (TPSA) is 66.4 Å². The Hall–Kier alpha value is -1.32. The van der Waals surface area contributed by atoms with Crippen LogP contribution in [0.2, 0.25) is 0 Å². The van der Waals surface area contributed by atoms with Crippen LogP contribution in [-0.2, 0) is 9.59 Å². The third-order valence-electron chi connectivity index (χ3n) is 4.80. The molecule has 1 atom stereocenters. The number of aldehydes is 1. The molecule has 0 rings (SSSR count). The molecule has 26 heavy (non-hydrogen) atoms. The standard InChI is InChI=1S/C22H41NO3/c1-3-17-21(22(25)26)23-20(2)18-15-13-11-9-7-5-4-6-8-10-12-14-16-19-24/h19,21,23H,2-18H2,1H3,(H,25,26). The molecular formula is C22H41NO3. The van der Waals surface area contributed by atoms with Gasteiger partial charge in [0.05, 0.1) is 0 Å². The molecule has 0 aliphatic rings. The molecule has 0 aromatic carbocycles. The zero-order valence-electron chi connectivity index (χ0n) is 16.9. The molecule has 0 spiro atoms. The fourth-order valence-corrected chi connectivity index (χ4v) is 3.20. The molecule has 0 fully saturated rings. The molecular weight excluding hydrogens is 326 g/mol. The number of hydrogen-bond donors (Lipinski definition) is 2. The molecule has 152 valence electrons. The van der Waals surface area contributed by atoms with E-state index in [1.165, 1.54) is 64.2 Å². The van der Waals surface area contributed by atoms with Crippen molar-refractivity contribution < 1.29 is 14.7 Å². The lowest BCUT2D eigenvalue weighted by atomic mass is 10.0. The second kappa shape index (κ2) is 18.5. The third kappa shape index (κ3) is 16.2. The van der Waals surface area contributed by atoms with Crippen LogP contribution in [0.3, 0.4) is 0 Å². The van der Waals surface area contributed by atoms with Gasteiger partial charge >= 0.3 is 5.97 Å². The van der Waals surface area contributed by atoms with E-state index in [9.17, 15) is 9.59 Å². The van der Waals surface area contributed by atoms with Crippen LogP contribution < -0.4 is 5.32 Å². The van der Waals surface area contributed by atoms with Gasteiger partial charge in [0.15, 0.2) is 0 Å². The van der Waals surface area contributed by atoms with Gasteiger partial charge in [-0.2, -0.15) is 0 Å². The summed E-state index contributed by atoms with van der Waals surface area (Å²) in [6.45, 7) is 5.96. The maximum atomic E-state index is 11.1.